The summed E-state index contributed by atoms with van der Waals surface area (Å²) >= 11 is 0. The molecule has 2 aliphatic carbocycles. The molecule has 0 N–H and O–H groups in total. The molecule has 0 unspecified atom stereocenters. The molecule has 0 saturated heterocycles. The van der Waals surface area contributed by atoms with E-state index in [0.717, 1.165) is 0 Å². The van der Waals surface area contributed by atoms with E-state index < -0.39 is 0 Å². The quantitative estimate of drug-likeness (QED) is 0.170. The predicted octanol–water partition coefficient (Wildman–Crippen LogP) is 13.4. The summed E-state index contributed by atoms with van der Waals surface area (Å²) in [6.07, 6.45) is 7.52. The fraction of sp³-hybridized carbons (Fsp3) is 0. The predicted molar refractivity (Wildman–Crippen MR) is 225 cm³/mol. The van der Waals surface area contributed by atoms with Crippen LogP contribution in [0.15, 0.2) is 183 Å². The van der Waals surface area contributed by atoms with Crippen molar-refractivity contribution in [3.8, 4) is 44.5 Å². The van der Waals surface area contributed by atoms with Crippen LogP contribution in [-0.4, -0.2) is 9.97 Å². The van der Waals surface area contributed by atoms with Gasteiger partial charge in [0.2, 0.25) is 0 Å². The molecule has 248 valence electrons. The van der Waals surface area contributed by atoms with Crippen LogP contribution in [0.25, 0.3) is 98.7 Å². The molecular formula is C52H30N2. The number of pyridine rings is 2. The van der Waals surface area contributed by atoms with Crippen molar-refractivity contribution in [3.63, 3.8) is 0 Å². The average molecular weight is 683 g/mol. The molecule has 0 saturated carbocycles. The molecule has 0 atom stereocenters. The Morgan fingerprint density at radius 2 is 0.611 bits per heavy atom. The molecule has 0 fully saturated rings. The maximum Gasteiger partial charge on any atom is 0.0273 e. The minimum Gasteiger partial charge on any atom is -0.265 e. The summed E-state index contributed by atoms with van der Waals surface area (Å²) in [5.41, 5.74) is 17.8. The summed E-state index contributed by atoms with van der Waals surface area (Å²) in [4.78, 5) is 8.62. The van der Waals surface area contributed by atoms with E-state index in [0.29, 0.717) is 0 Å². The van der Waals surface area contributed by atoms with E-state index in [1.165, 1.54) is 121 Å². The van der Waals surface area contributed by atoms with E-state index in [4.69, 9.17) is 0 Å². The largest absolute Gasteiger partial charge is 0.265 e. The zero-order chi connectivity index (χ0) is 35.3. The molecule has 54 heavy (non-hydrogen) atoms. The summed E-state index contributed by atoms with van der Waals surface area (Å²) in [5.74, 6) is 0. The van der Waals surface area contributed by atoms with Crippen LogP contribution in [-0.2, 0) is 0 Å². The molecule has 0 aliphatic heterocycles. The number of hydrogen-bond donors (Lipinski definition) is 0. The van der Waals surface area contributed by atoms with Gasteiger partial charge in [0, 0.05) is 24.8 Å². The second-order valence-corrected chi connectivity index (χ2v) is 14.4. The Labute approximate surface area is 312 Å². The molecule has 0 radical (unpaired) electrons. The first-order chi connectivity index (χ1) is 26.8. The molecule has 10 aromatic rings. The number of fused-ring (bicyclic) bond motifs is 16. The molecule has 2 heterocycles. The highest BCUT2D eigenvalue weighted by molar-refractivity contribution is 6.36. The zero-order valence-corrected chi connectivity index (χ0v) is 29.2. The minimum absolute atomic E-state index is 1.17. The highest BCUT2D eigenvalue weighted by atomic mass is 14.6. The van der Waals surface area contributed by atoms with Crippen molar-refractivity contribution >= 4 is 54.2 Å². The van der Waals surface area contributed by atoms with Gasteiger partial charge in [-0.3, -0.25) is 9.97 Å². The van der Waals surface area contributed by atoms with E-state index >= 15 is 0 Å². The van der Waals surface area contributed by atoms with Crippen LogP contribution >= 0.6 is 0 Å². The van der Waals surface area contributed by atoms with Gasteiger partial charge >= 0.3 is 0 Å². The van der Waals surface area contributed by atoms with E-state index in [9.17, 15) is 0 Å². The summed E-state index contributed by atoms with van der Waals surface area (Å²) in [5, 5.41) is 10.2. The third-order valence-electron chi connectivity index (χ3n) is 11.8. The summed E-state index contributed by atoms with van der Waals surface area (Å²) in [7, 11) is 0. The SMILES string of the molecule is c1ccc2c(c1)C(=C1c3c(c4ccccc4c4cc(-c5ccncc5)ccc34)-c3c1c1ccc(-c4ccncc4)cc1c1ccccc31)c1ccccc1-2. The van der Waals surface area contributed by atoms with Crippen molar-refractivity contribution < 1.29 is 0 Å². The summed E-state index contributed by atoms with van der Waals surface area (Å²) in [6.45, 7) is 0. The first-order valence-corrected chi connectivity index (χ1v) is 18.6. The average Bonchev–Trinajstić information content (AvgIpc) is 3.78. The van der Waals surface area contributed by atoms with Gasteiger partial charge in [0.25, 0.3) is 0 Å². The van der Waals surface area contributed by atoms with Crippen molar-refractivity contribution in [1.29, 1.82) is 0 Å². The first kappa shape index (κ1) is 29.4. The van der Waals surface area contributed by atoms with Crippen molar-refractivity contribution in [2.45, 2.75) is 0 Å². The number of rotatable bonds is 2. The van der Waals surface area contributed by atoms with Gasteiger partial charge in [0.15, 0.2) is 0 Å². The van der Waals surface area contributed by atoms with Crippen LogP contribution in [0.4, 0.5) is 0 Å². The lowest BCUT2D eigenvalue weighted by Crippen LogP contribution is -1.94. The van der Waals surface area contributed by atoms with E-state index in [1.807, 2.05) is 24.8 Å². The normalized spacial score (nSPS) is 12.7. The van der Waals surface area contributed by atoms with Crippen LogP contribution in [0.5, 0.6) is 0 Å². The van der Waals surface area contributed by atoms with Gasteiger partial charge < -0.3 is 0 Å². The number of benzene rings is 8. The molecule has 2 aliphatic rings. The molecular weight excluding hydrogens is 653 g/mol. The van der Waals surface area contributed by atoms with E-state index in [-0.39, 0.29) is 0 Å². The third-order valence-corrected chi connectivity index (χ3v) is 11.8. The van der Waals surface area contributed by atoms with Crippen LogP contribution in [0, 0.1) is 0 Å². The van der Waals surface area contributed by atoms with Gasteiger partial charge in [-0.05, 0) is 157 Å². The van der Waals surface area contributed by atoms with E-state index in [2.05, 4.69) is 168 Å². The molecule has 2 aromatic heterocycles. The van der Waals surface area contributed by atoms with Crippen molar-refractivity contribution in [2.24, 2.45) is 0 Å². The topological polar surface area (TPSA) is 25.8 Å². The number of hydrogen-bond acceptors (Lipinski definition) is 2. The lowest BCUT2D eigenvalue weighted by Gasteiger charge is -2.17. The lowest BCUT2D eigenvalue weighted by atomic mass is 9.85. The Balaban J connectivity index is 1.32. The van der Waals surface area contributed by atoms with Gasteiger partial charge in [-0.15, -0.1) is 0 Å². The second kappa shape index (κ2) is 11.2. The van der Waals surface area contributed by atoms with Gasteiger partial charge in [0.1, 0.15) is 0 Å². The lowest BCUT2D eigenvalue weighted by molar-refractivity contribution is 1.33. The van der Waals surface area contributed by atoms with Crippen LogP contribution in [0.1, 0.15) is 22.3 Å². The Bertz CT molecular complexity index is 3030. The highest BCUT2D eigenvalue weighted by Gasteiger charge is 2.37. The fourth-order valence-corrected chi connectivity index (χ4v) is 9.53. The standard InChI is InChI=1S/C52H30N2/c1-5-13-39-35(9-1)36-10-2-6-14-40(36)47(39)52-50-43-19-17-33(31-21-25-53-26-22-31)29-45(43)37-11-3-7-15-41(37)48(50)49-42-16-8-4-12-38(42)46-30-34(18-20-44(46)51(49)52)32-23-27-54-28-24-32/h1-30H. The van der Waals surface area contributed by atoms with Crippen molar-refractivity contribution in [1.82, 2.24) is 9.97 Å². The molecule has 0 bridgehead atoms. The second-order valence-electron chi connectivity index (χ2n) is 14.4. The smallest absolute Gasteiger partial charge is 0.0273 e. The maximum absolute atomic E-state index is 4.31. The summed E-state index contributed by atoms with van der Waals surface area (Å²) in [6, 6.07) is 58.6. The van der Waals surface area contributed by atoms with Crippen LogP contribution < -0.4 is 0 Å². The summed E-state index contributed by atoms with van der Waals surface area (Å²) < 4.78 is 0. The first-order valence-electron chi connectivity index (χ1n) is 18.6. The van der Waals surface area contributed by atoms with Gasteiger partial charge in [0.05, 0.1) is 0 Å². The molecule has 2 nitrogen and oxygen atoms in total. The fourth-order valence-electron chi connectivity index (χ4n) is 9.53. The molecule has 2 heteroatoms. The number of nitrogens with zero attached hydrogens (tertiary/aromatic N) is 2. The minimum atomic E-state index is 1.17. The Morgan fingerprint density at radius 1 is 0.241 bits per heavy atom. The highest BCUT2D eigenvalue weighted by Crippen LogP contribution is 2.61. The molecule has 12 rings (SSSR count). The van der Waals surface area contributed by atoms with Crippen molar-refractivity contribution in [3.05, 3.63) is 205 Å². The Kier molecular flexibility index (Phi) is 6.09. The van der Waals surface area contributed by atoms with Crippen LogP contribution in [0.2, 0.25) is 0 Å². The van der Waals surface area contributed by atoms with Gasteiger partial charge in [-0.2, -0.15) is 0 Å². The van der Waals surface area contributed by atoms with Crippen molar-refractivity contribution in [2.75, 3.05) is 0 Å². The zero-order valence-electron chi connectivity index (χ0n) is 29.2. The molecule has 0 amide bonds. The molecule has 8 aromatic carbocycles. The molecule has 0 spiro atoms. The van der Waals surface area contributed by atoms with E-state index in [1.54, 1.807) is 0 Å². The van der Waals surface area contributed by atoms with Gasteiger partial charge in [-0.25, -0.2) is 0 Å². The van der Waals surface area contributed by atoms with Crippen LogP contribution in [0.3, 0.4) is 0 Å². The monoisotopic (exact) mass is 682 g/mol. The third kappa shape index (κ3) is 4.00. The Hall–Kier alpha value is -7.16. The number of aromatic nitrogens is 2. The maximum atomic E-state index is 4.31. The Morgan fingerprint density at radius 3 is 1.06 bits per heavy atom. The van der Waals surface area contributed by atoms with Gasteiger partial charge in [-0.1, -0.05) is 121 Å².